The lowest BCUT2D eigenvalue weighted by molar-refractivity contribution is 0.103. The Morgan fingerprint density at radius 3 is 2.21 bits per heavy atom. The van der Waals surface area contributed by atoms with Crippen LogP contribution in [0.3, 0.4) is 0 Å². The minimum atomic E-state index is -0.289. The van der Waals surface area contributed by atoms with Gasteiger partial charge in [0.15, 0.2) is 6.10 Å². The van der Waals surface area contributed by atoms with E-state index in [1.807, 2.05) is 12.1 Å². The molecule has 0 spiro atoms. The summed E-state index contributed by atoms with van der Waals surface area (Å²) < 4.78 is 16.3. The molecular weight excluding hydrogens is 366 g/mol. The summed E-state index contributed by atoms with van der Waals surface area (Å²) in [6.45, 7) is 6.33. The lowest BCUT2D eigenvalue weighted by Crippen LogP contribution is -2.23. The van der Waals surface area contributed by atoms with Crippen molar-refractivity contribution in [1.29, 1.82) is 0 Å². The Hall–Kier alpha value is -2.53. The van der Waals surface area contributed by atoms with Gasteiger partial charge in [-0.2, -0.15) is 0 Å². The molecule has 5 nitrogen and oxygen atoms in total. The number of carbonyl (C=O) groups is 1. The molecule has 0 aromatic heterocycles. The van der Waals surface area contributed by atoms with Crippen molar-refractivity contribution in [3.8, 4) is 5.75 Å². The highest BCUT2D eigenvalue weighted by molar-refractivity contribution is 5.69. The normalized spacial score (nSPS) is 21.2. The summed E-state index contributed by atoms with van der Waals surface area (Å²) in [7, 11) is 1.73. The lowest BCUT2D eigenvalue weighted by atomic mass is 9.78. The predicted octanol–water partition coefficient (Wildman–Crippen LogP) is 4.17. The fraction of sp³-hybridized carbons (Fsp3) is 0.458. The quantitative estimate of drug-likeness (QED) is 0.630. The van der Waals surface area contributed by atoms with Gasteiger partial charge >= 0.3 is 6.09 Å². The fourth-order valence-corrected chi connectivity index (χ4v) is 3.71. The Morgan fingerprint density at radius 1 is 1.03 bits per heavy atom. The maximum atomic E-state index is 11.4. The molecule has 2 aromatic carbocycles. The largest absolute Gasteiger partial charge is 0.490 e. The van der Waals surface area contributed by atoms with Crippen molar-refractivity contribution in [2.45, 2.75) is 44.3 Å². The molecule has 2 aromatic rings. The first-order chi connectivity index (χ1) is 13.9. The van der Waals surface area contributed by atoms with E-state index in [1.54, 1.807) is 11.9 Å². The van der Waals surface area contributed by atoms with Gasteiger partial charge in [-0.25, -0.2) is 4.79 Å². The van der Waals surface area contributed by atoms with Crippen LogP contribution < -0.4 is 4.74 Å². The van der Waals surface area contributed by atoms with Crippen LogP contribution in [0.15, 0.2) is 48.5 Å². The second-order valence-corrected chi connectivity index (χ2v) is 8.54. The Morgan fingerprint density at radius 2 is 1.66 bits per heavy atom. The van der Waals surface area contributed by atoms with Gasteiger partial charge in [0.05, 0.1) is 19.3 Å². The minimum absolute atomic E-state index is 0.0969. The predicted molar refractivity (Wildman–Crippen MR) is 111 cm³/mol. The zero-order valence-corrected chi connectivity index (χ0v) is 17.4. The van der Waals surface area contributed by atoms with Gasteiger partial charge in [0.1, 0.15) is 12.4 Å². The second kappa shape index (κ2) is 8.07. The van der Waals surface area contributed by atoms with Crippen LogP contribution in [0, 0.1) is 0 Å². The molecule has 2 atom stereocenters. The summed E-state index contributed by atoms with van der Waals surface area (Å²) in [4.78, 5) is 13.0. The summed E-state index contributed by atoms with van der Waals surface area (Å²) in [6, 6.07) is 17.1. The second-order valence-electron chi connectivity index (χ2n) is 8.54. The molecule has 0 bridgehead atoms. The molecule has 0 saturated carbocycles. The summed E-state index contributed by atoms with van der Waals surface area (Å²) >= 11 is 0. The van der Waals surface area contributed by atoms with Gasteiger partial charge in [-0.05, 0) is 41.7 Å². The van der Waals surface area contributed by atoms with Crippen LogP contribution in [0.2, 0.25) is 0 Å². The smallest absolute Gasteiger partial charge is 0.410 e. The van der Waals surface area contributed by atoms with E-state index < -0.39 is 0 Å². The Bertz CT molecular complexity index is 840. The van der Waals surface area contributed by atoms with Gasteiger partial charge in [-0.15, -0.1) is 0 Å². The summed E-state index contributed by atoms with van der Waals surface area (Å²) in [6.07, 6.45) is 2.16. The molecule has 2 fully saturated rings. The van der Waals surface area contributed by atoms with Gasteiger partial charge in [0.2, 0.25) is 0 Å². The Balaban J connectivity index is 1.35. The van der Waals surface area contributed by atoms with E-state index in [1.165, 1.54) is 16.7 Å². The maximum absolute atomic E-state index is 11.4. The van der Waals surface area contributed by atoms with E-state index in [9.17, 15) is 4.79 Å². The van der Waals surface area contributed by atoms with Gasteiger partial charge in [-0.3, -0.25) is 0 Å². The van der Waals surface area contributed by atoms with Crippen LogP contribution in [0.5, 0.6) is 5.75 Å². The van der Waals surface area contributed by atoms with Crippen molar-refractivity contribution >= 4 is 6.09 Å². The number of epoxide rings is 1. The average Bonchev–Trinajstić information content (AvgIpc) is 3.50. The monoisotopic (exact) mass is 395 g/mol. The maximum Gasteiger partial charge on any atom is 0.410 e. The van der Waals surface area contributed by atoms with E-state index >= 15 is 0 Å². The molecule has 1 amide bonds. The number of benzene rings is 2. The highest BCUT2D eigenvalue weighted by Gasteiger charge is 2.29. The molecule has 2 aliphatic heterocycles. The topological polar surface area (TPSA) is 51.3 Å². The number of amides is 1. The highest BCUT2D eigenvalue weighted by Crippen LogP contribution is 2.33. The number of hydrogen-bond donors (Lipinski definition) is 0. The molecule has 154 valence electrons. The molecular formula is C24H29NO4. The molecule has 0 radical (unpaired) electrons. The van der Waals surface area contributed by atoms with Crippen LogP contribution in [-0.4, -0.2) is 50.0 Å². The standard InChI is InChI=1S/C24H29NO4/c1-24(2,18-7-4-17(5-8-18)6-11-21-15-28-21)19-9-12-20(13-10-19)27-16-22-14-25(3)23(26)29-22/h4-5,7-10,12-13,21-22H,6,11,14-16H2,1-3H3. The molecule has 2 saturated heterocycles. The SMILES string of the molecule is CN1CC(COc2ccc(C(C)(C)c3ccc(CCC4CO4)cc3)cc2)OC1=O. The summed E-state index contributed by atoms with van der Waals surface area (Å²) in [5, 5.41) is 0. The van der Waals surface area contributed by atoms with E-state index in [0.717, 1.165) is 25.2 Å². The van der Waals surface area contributed by atoms with Crippen molar-refractivity contribution in [2.24, 2.45) is 0 Å². The van der Waals surface area contributed by atoms with Crippen LogP contribution in [0.25, 0.3) is 0 Å². The molecule has 2 unspecified atom stereocenters. The van der Waals surface area contributed by atoms with Gasteiger partial charge < -0.3 is 19.1 Å². The van der Waals surface area contributed by atoms with Crippen LogP contribution in [0.4, 0.5) is 4.79 Å². The number of hydrogen-bond acceptors (Lipinski definition) is 4. The highest BCUT2D eigenvalue weighted by atomic mass is 16.6. The number of carbonyl (C=O) groups excluding carboxylic acids is 1. The average molecular weight is 395 g/mol. The molecule has 4 rings (SSSR count). The Kier molecular flexibility index (Phi) is 5.50. The number of rotatable bonds is 8. The van der Waals surface area contributed by atoms with Gasteiger partial charge in [0.25, 0.3) is 0 Å². The first-order valence-corrected chi connectivity index (χ1v) is 10.3. The summed E-state index contributed by atoms with van der Waals surface area (Å²) in [5.41, 5.74) is 3.79. The molecule has 2 aliphatic rings. The molecule has 0 N–H and O–H groups in total. The van der Waals surface area contributed by atoms with E-state index in [0.29, 0.717) is 19.3 Å². The number of likely N-dealkylation sites (N-methyl/N-ethyl adjacent to an activating group) is 1. The number of cyclic esters (lactones) is 1. The zero-order chi connectivity index (χ0) is 20.4. The van der Waals surface area contributed by atoms with E-state index in [4.69, 9.17) is 14.2 Å². The van der Waals surface area contributed by atoms with Crippen LogP contribution >= 0.6 is 0 Å². The number of nitrogens with zero attached hydrogens (tertiary/aromatic N) is 1. The third kappa shape index (κ3) is 4.73. The lowest BCUT2D eigenvalue weighted by Gasteiger charge is -2.26. The van der Waals surface area contributed by atoms with Crippen molar-refractivity contribution in [3.05, 3.63) is 65.2 Å². The van der Waals surface area contributed by atoms with E-state index in [2.05, 4.69) is 50.2 Å². The number of ether oxygens (including phenoxy) is 3. The Labute approximate surface area is 172 Å². The first-order valence-electron chi connectivity index (χ1n) is 10.3. The van der Waals surface area contributed by atoms with Crippen LogP contribution in [0.1, 0.15) is 37.0 Å². The zero-order valence-electron chi connectivity index (χ0n) is 17.4. The third-order valence-electron chi connectivity index (χ3n) is 5.90. The molecule has 5 heteroatoms. The minimum Gasteiger partial charge on any atom is -0.490 e. The van der Waals surface area contributed by atoms with Crippen LogP contribution in [-0.2, 0) is 21.3 Å². The van der Waals surface area contributed by atoms with Crippen molar-refractivity contribution in [1.82, 2.24) is 4.90 Å². The fourth-order valence-electron chi connectivity index (χ4n) is 3.71. The van der Waals surface area contributed by atoms with Crippen molar-refractivity contribution in [2.75, 3.05) is 26.8 Å². The molecule has 2 heterocycles. The molecule has 29 heavy (non-hydrogen) atoms. The van der Waals surface area contributed by atoms with Gasteiger partial charge in [0, 0.05) is 12.5 Å². The molecule has 0 aliphatic carbocycles. The third-order valence-corrected chi connectivity index (χ3v) is 5.90. The van der Waals surface area contributed by atoms with Crippen molar-refractivity contribution in [3.63, 3.8) is 0 Å². The summed E-state index contributed by atoms with van der Waals surface area (Å²) in [5.74, 6) is 0.785. The van der Waals surface area contributed by atoms with Gasteiger partial charge in [-0.1, -0.05) is 50.2 Å². The van der Waals surface area contributed by atoms with E-state index in [-0.39, 0.29) is 17.6 Å². The number of aryl methyl sites for hydroxylation is 1. The van der Waals surface area contributed by atoms with Crippen molar-refractivity contribution < 1.29 is 19.0 Å². The first kappa shape index (κ1) is 19.8.